The number of anilines is 1. The zero-order valence-corrected chi connectivity index (χ0v) is 10.3. The van der Waals surface area contributed by atoms with Gasteiger partial charge in [0, 0.05) is 12.8 Å². The zero-order valence-electron chi connectivity index (χ0n) is 10.3. The SMILES string of the molecule is CCOC(C(=O)c1c(C)ccnc1N)C1CC1. The van der Waals surface area contributed by atoms with Crippen LogP contribution < -0.4 is 5.73 Å². The Hall–Kier alpha value is -1.42. The van der Waals surface area contributed by atoms with E-state index in [2.05, 4.69) is 4.98 Å². The second-order valence-electron chi connectivity index (χ2n) is 4.47. The molecule has 0 aliphatic heterocycles. The van der Waals surface area contributed by atoms with Gasteiger partial charge in [0.2, 0.25) is 0 Å². The molecule has 2 N–H and O–H groups in total. The molecule has 1 unspecified atom stereocenters. The second-order valence-corrected chi connectivity index (χ2v) is 4.47. The van der Waals surface area contributed by atoms with Gasteiger partial charge in [0.15, 0.2) is 5.78 Å². The zero-order chi connectivity index (χ0) is 12.4. The summed E-state index contributed by atoms with van der Waals surface area (Å²) in [6, 6.07) is 1.81. The molecule has 4 nitrogen and oxygen atoms in total. The van der Waals surface area contributed by atoms with Crippen molar-refractivity contribution >= 4 is 11.6 Å². The topological polar surface area (TPSA) is 65.2 Å². The summed E-state index contributed by atoms with van der Waals surface area (Å²) in [4.78, 5) is 16.4. The van der Waals surface area contributed by atoms with Crippen LogP contribution in [0.2, 0.25) is 0 Å². The average molecular weight is 234 g/mol. The molecule has 0 bridgehead atoms. The average Bonchev–Trinajstić information content (AvgIpc) is 3.09. The summed E-state index contributed by atoms with van der Waals surface area (Å²) in [6.45, 7) is 4.33. The number of ketones is 1. The van der Waals surface area contributed by atoms with Crippen LogP contribution in [0, 0.1) is 12.8 Å². The molecular weight excluding hydrogens is 216 g/mol. The van der Waals surface area contributed by atoms with Gasteiger partial charge in [-0.2, -0.15) is 0 Å². The molecule has 17 heavy (non-hydrogen) atoms. The molecule has 0 aromatic carbocycles. The van der Waals surface area contributed by atoms with Crippen LogP contribution in [0.3, 0.4) is 0 Å². The number of nitrogen functional groups attached to an aromatic ring is 1. The molecule has 1 aliphatic rings. The summed E-state index contributed by atoms with van der Waals surface area (Å²) in [5.74, 6) is 0.652. The van der Waals surface area contributed by atoms with Gasteiger partial charge in [0.1, 0.15) is 11.9 Å². The number of carbonyl (C=O) groups excluding carboxylic acids is 1. The van der Waals surface area contributed by atoms with Gasteiger partial charge >= 0.3 is 0 Å². The Bertz CT molecular complexity index is 407. The number of pyridine rings is 1. The van der Waals surface area contributed by atoms with Crippen molar-refractivity contribution in [2.45, 2.75) is 32.8 Å². The van der Waals surface area contributed by atoms with Crippen LogP contribution in [0.5, 0.6) is 0 Å². The van der Waals surface area contributed by atoms with Gasteiger partial charge in [-0.05, 0) is 44.2 Å². The number of rotatable bonds is 5. The fourth-order valence-electron chi connectivity index (χ4n) is 2.05. The van der Waals surface area contributed by atoms with E-state index in [1.165, 1.54) is 0 Å². The second kappa shape index (κ2) is 4.84. The van der Waals surface area contributed by atoms with E-state index >= 15 is 0 Å². The summed E-state index contributed by atoms with van der Waals surface area (Å²) < 4.78 is 5.56. The fraction of sp³-hybridized carbons (Fsp3) is 0.538. The fourth-order valence-corrected chi connectivity index (χ4v) is 2.05. The minimum Gasteiger partial charge on any atom is -0.383 e. The van der Waals surface area contributed by atoms with E-state index in [9.17, 15) is 4.79 Å². The van der Waals surface area contributed by atoms with Crippen LogP contribution in [-0.4, -0.2) is 23.5 Å². The lowest BCUT2D eigenvalue weighted by atomic mass is 9.99. The van der Waals surface area contributed by atoms with Gasteiger partial charge in [-0.25, -0.2) is 4.98 Å². The predicted molar refractivity (Wildman–Crippen MR) is 65.9 cm³/mol. The molecule has 0 amide bonds. The molecule has 1 aromatic heterocycles. The van der Waals surface area contributed by atoms with Gasteiger partial charge in [0.05, 0.1) is 5.56 Å². The van der Waals surface area contributed by atoms with Crippen molar-refractivity contribution in [1.82, 2.24) is 4.98 Å². The normalized spacial score (nSPS) is 16.8. The van der Waals surface area contributed by atoms with Gasteiger partial charge in [-0.15, -0.1) is 0 Å². The maximum absolute atomic E-state index is 12.4. The summed E-state index contributed by atoms with van der Waals surface area (Å²) in [5, 5.41) is 0. The molecule has 1 saturated carbocycles. The number of nitrogens with zero attached hydrogens (tertiary/aromatic N) is 1. The molecule has 0 saturated heterocycles. The monoisotopic (exact) mass is 234 g/mol. The van der Waals surface area contributed by atoms with Crippen molar-refractivity contribution in [3.05, 3.63) is 23.4 Å². The minimum atomic E-state index is -0.342. The quantitative estimate of drug-likeness (QED) is 0.791. The van der Waals surface area contributed by atoms with Gasteiger partial charge < -0.3 is 10.5 Å². The first-order chi connectivity index (χ1) is 8.15. The number of hydrogen-bond donors (Lipinski definition) is 1. The third kappa shape index (κ3) is 2.47. The van der Waals surface area contributed by atoms with Crippen LogP contribution in [-0.2, 0) is 4.74 Å². The first-order valence-electron chi connectivity index (χ1n) is 6.02. The molecule has 1 atom stereocenters. The lowest BCUT2D eigenvalue weighted by Crippen LogP contribution is -2.28. The first-order valence-corrected chi connectivity index (χ1v) is 6.02. The van der Waals surface area contributed by atoms with Crippen LogP contribution in [0.25, 0.3) is 0 Å². The van der Waals surface area contributed by atoms with Gasteiger partial charge in [-0.3, -0.25) is 4.79 Å². The molecule has 92 valence electrons. The molecule has 1 aliphatic carbocycles. The minimum absolute atomic E-state index is 0.0162. The van der Waals surface area contributed by atoms with Crippen molar-refractivity contribution in [2.75, 3.05) is 12.3 Å². The Morgan fingerprint density at radius 1 is 1.65 bits per heavy atom. The third-order valence-electron chi connectivity index (χ3n) is 3.09. The van der Waals surface area contributed by atoms with Crippen LogP contribution in [0.15, 0.2) is 12.3 Å². The van der Waals surface area contributed by atoms with E-state index in [0.29, 0.717) is 23.9 Å². The van der Waals surface area contributed by atoms with Crippen molar-refractivity contribution in [3.63, 3.8) is 0 Å². The summed E-state index contributed by atoms with van der Waals surface area (Å²) in [6.07, 6.45) is 3.41. The van der Waals surface area contributed by atoms with E-state index in [1.807, 2.05) is 13.8 Å². The van der Waals surface area contributed by atoms with Crippen molar-refractivity contribution < 1.29 is 9.53 Å². The Balaban J connectivity index is 2.28. The summed E-state index contributed by atoms with van der Waals surface area (Å²) >= 11 is 0. The molecule has 0 radical (unpaired) electrons. The highest BCUT2D eigenvalue weighted by Gasteiger charge is 2.38. The van der Waals surface area contributed by atoms with Crippen LogP contribution >= 0.6 is 0 Å². The molecule has 2 rings (SSSR count). The Kier molecular flexibility index (Phi) is 3.43. The van der Waals surface area contributed by atoms with Gasteiger partial charge in [-0.1, -0.05) is 0 Å². The smallest absolute Gasteiger partial charge is 0.195 e. The van der Waals surface area contributed by atoms with Crippen molar-refractivity contribution in [1.29, 1.82) is 0 Å². The highest BCUT2D eigenvalue weighted by molar-refractivity contribution is 6.04. The lowest BCUT2D eigenvalue weighted by molar-refractivity contribution is 0.0374. The number of ether oxygens (including phenoxy) is 1. The van der Waals surface area contributed by atoms with E-state index in [1.54, 1.807) is 12.3 Å². The Morgan fingerprint density at radius 3 is 2.88 bits per heavy atom. The third-order valence-corrected chi connectivity index (χ3v) is 3.09. The molecule has 1 aromatic rings. The summed E-state index contributed by atoms with van der Waals surface area (Å²) in [7, 11) is 0. The highest BCUT2D eigenvalue weighted by atomic mass is 16.5. The maximum atomic E-state index is 12.4. The number of nitrogens with two attached hydrogens (primary N) is 1. The number of Topliss-reactive ketones (excluding diaryl/α,β-unsaturated/α-hetero) is 1. The highest BCUT2D eigenvalue weighted by Crippen LogP contribution is 2.36. The first kappa shape index (κ1) is 12.0. The maximum Gasteiger partial charge on any atom is 0.195 e. The van der Waals surface area contributed by atoms with Crippen LogP contribution in [0.4, 0.5) is 5.82 Å². The Morgan fingerprint density at radius 2 is 2.35 bits per heavy atom. The van der Waals surface area contributed by atoms with Crippen LogP contribution in [0.1, 0.15) is 35.7 Å². The number of carbonyl (C=O) groups is 1. The van der Waals surface area contributed by atoms with E-state index in [-0.39, 0.29) is 11.9 Å². The van der Waals surface area contributed by atoms with Gasteiger partial charge in [0.25, 0.3) is 0 Å². The van der Waals surface area contributed by atoms with E-state index in [4.69, 9.17) is 10.5 Å². The number of aromatic nitrogens is 1. The number of aryl methyl sites for hydroxylation is 1. The predicted octanol–water partition coefficient (Wildman–Crippen LogP) is 1.97. The Labute approximate surface area is 101 Å². The van der Waals surface area contributed by atoms with Crippen molar-refractivity contribution in [3.8, 4) is 0 Å². The molecule has 0 spiro atoms. The molecule has 1 heterocycles. The number of hydrogen-bond acceptors (Lipinski definition) is 4. The summed E-state index contributed by atoms with van der Waals surface area (Å²) in [5.41, 5.74) is 7.18. The van der Waals surface area contributed by atoms with E-state index < -0.39 is 0 Å². The largest absolute Gasteiger partial charge is 0.383 e. The standard InChI is InChI=1S/C13H18N2O2/c1-3-17-12(9-4-5-9)11(16)10-8(2)6-7-15-13(10)14/h6-7,9,12H,3-5H2,1-2H3,(H2,14,15). The lowest BCUT2D eigenvalue weighted by Gasteiger charge is -2.17. The molecule has 4 heteroatoms. The van der Waals surface area contributed by atoms with Crippen molar-refractivity contribution in [2.24, 2.45) is 5.92 Å². The van der Waals surface area contributed by atoms with E-state index in [0.717, 1.165) is 18.4 Å². The molecular formula is C13H18N2O2. The molecule has 1 fully saturated rings.